The Morgan fingerprint density at radius 3 is 2.06 bits per heavy atom. The highest BCUT2D eigenvalue weighted by atomic mass is 14.1. The minimum atomic E-state index is 0.477. The van der Waals surface area contributed by atoms with Gasteiger partial charge in [-0.1, -0.05) is 70.5 Å². The maximum atomic E-state index is 3.99. The first-order valence-electron chi connectivity index (χ1n) is 6.39. The van der Waals surface area contributed by atoms with Crippen LogP contribution in [0.5, 0.6) is 0 Å². The highest BCUT2D eigenvalue weighted by Crippen LogP contribution is 2.22. The third-order valence-corrected chi connectivity index (χ3v) is 2.76. The Morgan fingerprint density at radius 2 is 1.69 bits per heavy atom. The quantitative estimate of drug-likeness (QED) is 0.598. The average Bonchev–Trinajstić information content (AvgIpc) is 2.32. The first-order valence-corrected chi connectivity index (χ1v) is 6.39. The highest BCUT2D eigenvalue weighted by molar-refractivity contribution is 5.29. The first kappa shape index (κ1) is 15.0. The Morgan fingerprint density at radius 1 is 1.19 bits per heavy atom. The fourth-order valence-electron chi connectivity index (χ4n) is 1.55. The van der Waals surface area contributed by atoms with Crippen molar-refractivity contribution >= 4 is 0 Å². The molecular weight excluding hydrogens is 192 g/mol. The van der Waals surface area contributed by atoms with Gasteiger partial charge < -0.3 is 0 Å². The number of hydrogen-bond acceptors (Lipinski definition) is 0. The van der Waals surface area contributed by atoms with Crippen molar-refractivity contribution in [3.05, 3.63) is 47.5 Å². The summed E-state index contributed by atoms with van der Waals surface area (Å²) < 4.78 is 0. The molecule has 1 unspecified atom stereocenters. The van der Waals surface area contributed by atoms with Crippen LogP contribution < -0.4 is 0 Å². The Labute approximate surface area is 101 Å². The summed E-state index contributed by atoms with van der Waals surface area (Å²) in [7, 11) is 0. The Bertz CT molecular complexity index is 292. The Balaban J connectivity index is 0.00000106. The Hall–Kier alpha value is -1.04. The molecule has 0 nitrogen and oxygen atoms in total. The molecule has 0 spiro atoms. The second kappa shape index (κ2) is 8.15. The second-order valence-electron chi connectivity index (χ2n) is 4.06. The van der Waals surface area contributed by atoms with Crippen molar-refractivity contribution in [1.82, 2.24) is 0 Å². The fraction of sp³-hybridized carbons (Fsp3) is 0.500. The van der Waals surface area contributed by atoms with E-state index in [2.05, 4.69) is 51.6 Å². The van der Waals surface area contributed by atoms with Crippen molar-refractivity contribution in [1.29, 1.82) is 0 Å². The number of benzene rings is 1. The molecular formula is C16H26. The molecule has 0 aromatic heterocycles. The minimum absolute atomic E-state index is 0.477. The molecule has 0 aliphatic rings. The molecule has 0 fully saturated rings. The summed E-state index contributed by atoms with van der Waals surface area (Å²) in [5, 5.41) is 0. The lowest BCUT2D eigenvalue weighted by Gasteiger charge is -2.11. The van der Waals surface area contributed by atoms with Crippen LogP contribution in [0.3, 0.4) is 0 Å². The van der Waals surface area contributed by atoms with E-state index < -0.39 is 0 Å². The Kier molecular flexibility index (Phi) is 7.62. The molecule has 0 bridgehead atoms. The summed E-state index contributed by atoms with van der Waals surface area (Å²) in [5.41, 5.74) is 4.04. The molecule has 1 rings (SSSR count). The number of rotatable bonds is 4. The van der Waals surface area contributed by atoms with Gasteiger partial charge in [-0.3, -0.25) is 0 Å². The van der Waals surface area contributed by atoms with Crippen LogP contribution in [-0.4, -0.2) is 0 Å². The molecule has 0 saturated carbocycles. The molecule has 0 radical (unpaired) electrons. The van der Waals surface area contributed by atoms with Gasteiger partial charge in [0.1, 0.15) is 0 Å². The van der Waals surface area contributed by atoms with Gasteiger partial charge in [0.05, 0.1) is 0 Å². The predicted octanol–water partition coefficient (Wildman–Crippen LogP) is 5.34. The maximum absolute atomic E-state index is 3.99. The van der Waals surface area contributed by atoms with Crippen molar-refractivity contribution in [3.63, 3.8) is 0 Å². The maximum Gasteiger partial charge on any atom is 0.00143 e. The second-order valence-corrected chi connectivity index (χ2v) is 4.06. The van der Waals surface area contributed by atoms with Crippen molar-refractivity contribution in [2.75, 3.05) is 0 Å². The largest absolute Gasteiger partial charge is 0.0995 e. The summed E-state index contributed by atoms with van der Waals surface area (Å²) in [6.07, 6.45) is 2.40. The van der Waals surface area contributed by atoms with E-state index in [1.54, 1.807) is 0 Å². The predicted molar refractivity (Wildman–Crippen MR) is 75.0 cm³/mol. The standard InChI is InChI=1S/C14H20.C2H6/c1-5-6-13-7-9-14(10-8-13)12(4)11(2)3;1-2/h7-10,12H,2,5-6H2,1,3-4H3;1-2H3. The van der Waals surface area contributed by atoms with Crippen molar-refractivity contribution in [3.8, 4) is 0 Å². The van der Waals surface area contributed by atoms with E-state index in [-0.39, 0.29) is 0 Å². The zero-order valence-electron chi connectivity index (χ0n) is 11.5. The number of allylic oxidation sites excluding steroid dienone is 1. The van der Waals surface area contributed by atoms with Gasteiger partial charge in [0.25, 0.3) is 0 Å². The van der Waals surface area contributed by atoms with E-state index in [0.717, 1.165) is 0 Å². The SMILES string of the molecule is C=C(C)C(C)c1ccc(CCC)cc1.CC. The molecule has 0 amide bonds. The summed E-state index contributed by atoms with van der Waals surface area (Å²) in [5.74, 6) is 0.477. The zero-order valence-corrected chi connectivity index (χ0v) is 11.5. The molecule has 0 aliphatic heterocycles. The lowest BCUT2D eigenvalue weighted by molar-refractivity contribution is 0.887. The molecule has 0 heterocycles. The van der Waals surface area contributed by atoms with Crippen molar-refractivity contribution in [2.24, 2.45) is 0 Å². The van der Waals surface area contributed by atoms with Gasteiger partial charge in [0.2, 0.25) is 0 Å². The summed E-state index contributed by atoms with van der Waals surface area (Å²) >= 11 is 0. The molecule has 0 heteroatoms. The lowest BCUT2D eigenvalue weighted by atomic mass is 9.94. The van der Waals surface area contributed by atoms with E-state index in [1.165, 1.54) is 29.5 Å². The van der Waals surface area contributed by atoms with Gasteiger partial charge in [0, 0.05) is 5.92 Å². The van der Waals surface area contributed by atoms with Crippen molar-refractivity contribution < 1.29 is 0 Å². The first-order chi connectivity index (χ1) is 7.65. The molecule has 90 valence electrons. The minimum Gasteiger partial charge on any atom is -0.0995 e. The van der Waals surface area contributed by atoms with Gasteiger partial charge in [-0.2, -0.15) is 0 Å². The van der Waals surface area contributed by atoms with Crippen LogP contribution in [0.2, 0.25) is 0 Å². The smallest absolute Gasteiger partial charge is 0.00143 e. The number of aryl methyl sites for hydroxylation is 1. The summed E-state index contributed by atoms with van der Waals surface area (Å²) in [6, 6.07) is 8.92. The third-order valence-electron chi connectivity index (χ3n) is 2.76. The highest BCUT2D eigenvalue weighted by Gasteiger charge is 2.04. The van der Waals surface area contributed by atoms with Crippen LogP contribution in [0.25, 0.3) is 0 Å². The van der Waals surface area contributed by atoms with E-state index in [0.29, 0.717) is 5.92 Å². The molecule has 0 aliphatic carbocycles. The summed E-state index contributed by atoms with van der Waals surface area (Å²) in [4.78, 5) is 0. The molecule has 1 aromatic rings. The van der Waals surface area contributed by atoms with Gasteiger partial charge in [0.15, 0.2) is 0 Å². The third kappa shape index (κ3) is 4.65. The molecule has 1 atom stereocenters. The molecule has 16 heavy (non-hydrogen) atoms. The lowest BCUT2D eigenvalue weighted by Crippen LogP contribution is -1.94. The topological polar surface area (TPSA) is 0 Å². The van der Waals surface area contributed by atoms with E-state index in [1.807, 2.05) is 13.8 Å². The molecule has 0 N–H and O–H groups in total. The fourth-order valence-corrected chi connectivity index (χ4v) is 1.55. The van der Waals surface area contributed by atoms with E-state index >= 15 is 0 Å². The van der Waals surface area contributed by atoms with Gasteiger partial charge in [-0.25, -0.2) is 0 Å². The van der Waals surface area contributed by atoms with Crippen LogP contribution in [-0.2, 0) is 6.42 Å². The molecule has 0 saturated heterocycles. The van der Waals surface area contributed by atoms with Gasteiger partial charge >= 0.3 is 0 Å². The molecule has 1 aromatic carbocycles. The van der Waals surface area contributed by atoms with Gasteiger partial charge in [-0.15, -0.1) is 0 Å². The van der Waals surface area contributed by atoms with Crippen molar-refractivity contribution in [2.45, 2.75) is 53.4 Å². The monoisotopic (exact) mass is 218 g/mol. The van der Waals surface area contributed by atoms with Crippen LogP contribution in [0.1, 0.15) is 58.1 Å². The van der Waals surface area contributed by atoms with E-state index in [9.17, 15) is 0 Å². The normalized spacial score (nSPS) is 11.3. The van der Waals surface area contributed by atoms with Crippen LogP contribution in [0.15, 0.2) is 36.4 Å². The van der Waals surface area contributed by atoms with Crippen LogP contribution in [0.4, 0.5) is 0 Å². The van der Waals surface area contributed by atoms with Crippen LogP contribution in [0, 0.1) is 0 Å². The van der Waals surface area contributed by atoms with Crippen LogP contribution >= 0.6 is 0 Å². The van der Waals surface area contributed by atoms with E-state index in [4.69, 9.17) is 0 Å². The zero-order chi connectivity index (χ0) is 12.6. The average molecular weight is 218 g/mol. The number of hydrogen-bond donors (Lipinski definition) is 0. The van der Waals surface area contributed by atoms with Gasteiger partial charge in [-0.05, 0) is 24.5 Å². The summed E-state index contributed by atoms with van der Waals surface area (Å²) in [6.45, 7) is 14.5.